The minimum Gasteiger partial charge on any atom is -0.461 e. The van der Waals surface area contributed by atoms with Gasteiger partial charge in [0.2, 0.25) is 0 Å². The Balaban J connectivity index is 1.60. The number of rotatable bonds is 3. The molecule has 2 aliphatic heterocycles. The van der Waals surface area contributed by atoms with Crippen LogP contribution in [0.2, 0.25) is 0 Å². The fourth-order valence-electron chi connectivity index (χ4n) is 3.68. The van der Waals surface area contributed by atoms with Gasteiger partial charge >= 0.3 is 12.1 Å². The molecule has 2 bridgehead atoms. The molecule has 130 valence electrons. The van der Waals surface area contributed by atoms with E-state index in [-0.39, 0.29) is 36.7 Å². The Morgan fingerprint density at radius 2 is 1.88 bits per heavy atom. The number of ether oxygens (including phenoxy) is 2. The van der Waals surface area contributed by atoms with Crippen LogP contribution in [0.4, 0.5) is 4.79 Å². The van der Waals surface area contributed by atoms with Crippen molar-refractivity contribution in [3.8, 4) is 0 Å². The van der Waals surface area contributed by atoms with Crippen molar-refractivity contribution in [3.05, 3.63) is 35.9 Å². The molecule has 1 amide bonds. The molecule has 2 heterocycles. The van der Waals surface area contributed by atoms with E-state index >= 15 is 0 Å². The van der Waals surface area contributed by atoms with E-state index in [2.05, 4.69) is 0 Å². The molecule has 5 heteroatoms. The van der Waals surface area contributed by atoms with Crippen molar-refractivity contribution < 1.29 is 19.1 Å². The summed E-state index contributed by atoms with van der Waals surface area (Å²) in [4.78, 5) is 26.6. The van der Waals surface area contributed by atoms with E-state index in [4.69, 9.17) is 9.47 Å². The molecule has 1 aromatic rings. The lowest BCUT2D eigenvalue weighted by Gasteiger charge is -2.28. The molecule has 1 aromatic carbocycles. The molecule has 24 heavy (non-hydrogen) atoms. The molecule has 0 saturated carbocycles. The highest BCUT2D eigenvalue weighted by Crippen LogP contribution is 2.43. The first-order valence-corrected chi connectivity index (χ1v) is 8.57. The van der Waals surface area contributed by atoms with Gasteiger partial charge < -0.3 is 14.4 Å². The summed E-state index contributed by atoms with van der Waals surface area (Å²) in [6.45, 7) is 5.84. The van der Waals surface area contributed by atoms with Gasteiger partial charge in [0.05, 0.1) is 5.92 Å². The van der Waals surface area contributed by atoms with E-state index in [9.17, 15) is 9.59 Å². The topological polar surface area (TPSA) is 55.8 Å². The monoisotopic (exact) mass is 331 g/mol. The van der Waals surface area contributed by atoms with Crippen LogP contribution in [-0.4, -0.2) is 34.6 Å². The summed E-state index contributed by atoms with van der Waals surface area (Å²) in [6, 6.07) is 9.64. The Kier molecular flexibility index (Phi) is 4.52. The zero-order valence-electron chi connectivity index (χ0n) is 14.5. The molecule has 5 nitrogen and oxygen atoms in total. The lowest BCUT2D eigenvalue weighted by atomic mass is 9.89. The van der Waals surface area contributed by atoms with Gasteiger partial charge in [0.25, 0.3) is 0 Å². The molecule has 2 fully saturated rings. The number of hydrogen-bond acceptors (Lipinski definition) is 4. The standard InChI is InChI=1S/C19H25NO4/c1-19(2,3)24-18(22)20-14-9-10-16(20)15(11-14)17(21)23-12-13-7-5-4-6-8-13/h4-8,14-16H,9-12H2,1-3H3/t14-,15+,16-/m0/s1. The molecule has 3 rings (SSSR count). The number of carbonyl (C=O) groups excluding carboxylic acids is 2. The Morgan fingerprint density at radius 3 is 2.54 bits per heavy atom. The van der Waals surface area contributed by atoms with Crippen molar-refractivity contribution >= 4 is 12.1 Å². The van der Waals surface area contributed by atoms with Crippen LogP contribution < -0.4 is 0 Å². The third-order valence-electron chi connectivity index (χ3n) is 4.67. The number of esters is 1. The SMILES string of the molecule is CC(C)(C)OC(=O)N1[C@H]2CC[C@H]1[C@H](C(=O)OCc1ccccc1)C2. The van der Waals surface area contributed by atoms with Gasteiger partial charge in [0.1, 0.15) is 12.2 Å². The van der Waals surface area contributed by atoms with Crippen LogP contribution >= 0.6 is 0 Å². The maximum absolute atomic E-state index is 12.5. The van der Waals surface area contributed by atoms with Gasteiger partial charge in [-0.1, -0.05) is 30.3 Å². The Labute approximate surface area is 142 Å². The van der Waals surface area contributed by atoms with Gasteiger partial charge in [0.15, 0.2) is 0 Å². The first-order chi connectivity index (χ1) is 11.3. The molecule has 0 aromatic heterocycles. The first kappa shape index (κ1) is 16.8. The lowest BCUT2D eigenvalue weighted by molar-refractivity contribution is -0.150. The third kappa shape index (κ3) is 3.55. The number of hydrogen-bond donors (Lipinski definition) is 0. The van der Waals surface area contributed by atoms with Crippen molar-refractivity contribution in [3.63, 3.8) is 0 Å². The number of benzene rings is 1. The van der Waals surface area contributed by atoms with E-state index in [1.165, 1.54) is 0 Å². The highest BCUT2D eigenvalue weighted by Gasteiger charge is 2.52. The van der Waals surface area contributed by atoms with Crippen LogP contribution in [0.1, 0.15) is 45.6 Å². The largest absolute Gasteiger partial charge is 0.461 e. The van der Waals surface area contributed by atoms with Gasteiger partial charge in [-0.3, -0.25) is 4.79 Å². The van der Waals surface area contributed by atoms with Gasteiger partial charge in [-0.15, -0.1) is 0 Å². The van der Waals surface area contributed by atoms with Crippen LogP contribution in [0.5, 0.6) is 0 Å². The zero-order valence-corrected chi connectivity index (χ0v) is 14.5. The molecule has 3 atom stereocenters. The smallest absolute Gasteiger partial charge is 0.410 e. The van der Waals surface area contributed by atoms with Crippen LogP contribution in [0, 0.1) is 5.92 Å². The number of nitrogens with zero attached hydrogens (tertiary/aromatic N) is 1. The molecule has 0 unspecified atom stereocenters. The van der Waals surface area contributed by atoms with E-state index in [1.54, 1.807) is 4.90 Å². The molecule has 2 saturated heterocycles. The molecular weight excluding hydrogens is 306 g/mol. The maximum atomic E-state index is 12.5. The quantitative estimate of drug-likeness (QED) is 0.795. The molecule has 0 spiro atoms. The second-order valence-electron chi connectivity index (χ2n) is 7.62. The normalized spacial score (nSPS) is 25.6. The van der Waals surface area contributed by atoms with Gasteiger partial charge in [-0.2, -0.15) is 0 Å². The van der Waals surface area contributed by atoms with E-state index in [0.717, 1.165) is 18.4 Å². The van der Waals surface area contributed by atoms with E-state index in [1.807, 2.05) is 51.1 Å². The molecule has 2 aliphatic rings. The summed E-state index contributed by atoms with van der Waals surface area (Å²) in [5, 5.41) is 0. The Bertz CT molecular complexity index is 608. The van der Waals surface area contributed by atoms with Crippen molar-refractivity contribution in [1.29, 1.82) is 0 Å². The van der Waals surface area contributed by atoms with Crippen LogP contribution in [0.3, 0.4) is 0 Å². The summed E-state index contributed by atoms with van der Waals surface area (Å²) in [7, 11) is 0. The van der Waals surface area contributed by atoms with Crippen molar-refractivity contribution in [1.82, 2.24) is 4.90 Å². The fourth-order valence-corrected chi connectivity index (χ4v) is 3.68. The minimum atomic E-state index is -0.525. The average molecular weight is 331 g/mol. The third-order valence-corrected chi connectivity index (χ3v) is 4.67. The van der Waals surface area contributed by atoms with Crippen LogP contribution in [0.25, 0.3) is 0 Å². The van der Waals surface area contributed by atoms with Gasteiger partial charge in [-0.25, -0.2) is 4.79 Å². The van der Waals surface area contributed by atoms with Crippen molar-refractivity contribution in [2.24, 2.45) is 5.92 Å². The Morgan fingerprint density at radius 1 is 1.17 bits per heavy atom. The van der Waals surface area contributed by atoms with E-state index in [0.29, 0.717) is 6.42 Å². The maximum Gasteiger partial charge on any atom is 0.410 e. The fraction of sp³-hybridized carbons (Fsp3) is 0.579. The number of amides is 1. The van der Waals surface area contributed by atoms with Crippen LogP contribution in [-0.2, 0) is 20.9 Å². The molecule has 0 N–H and O–H groups in total. The summed E-state index contributed by atoms with van der Waals surface area (Å²) in [6.07, 6.45) is 2.15. The summed E-state index contributed by atoms with van der Waals surface area (Å²) in [5.74, 6) is -0.445. The average Bonchev–Trinajstić information content (AvgIpc) is 3.10. The zero-order chi connectivity index (χ0) is 17.3. The first-order valence-electron chi connectivity index (χ1n) is 8.57. The lowest BCUT2D eigenvalue weighted by Crippen LogP contribution is -2.41. The van der Waals surface area contributed by atoms with Gasteiger partial charge in [0, 0.05) is 12.1 Å². The van der Waals surface area contributed by atoms with Crippen molar-refractivity contribution in [2.75, 3.05) is 0 Å². The second kappa shape index (κ2) is 6.46. The molecule has 0 radical (unpaired) electrons. The summed E-state index contributed by atoms with van der Waals surface area (Å²) in [5.41, 5.74) is 0.445. The number of fused-ring (bicyclic) bond motifs is 2. The number of carbonyl (C=O) groups is 2. The minimum absolute atomic E-state index is 0.0897. The Hall–Kier alpha value is -2.04. The summed E-state index contributed by atoms with van der Waals surface area (Å²) >= 11 is 0. The van der Waals surface area contributed by atoms with Gasteiger partial charge in [-0.05, 0) is 45.6 Å². The highest BCUT2D eigenvalue weighted by atomic mass is 16.6. The molecular formula is C19H25NO4. The van der Waals surface area contributed by atoms with E-state index < -0.39 is 5.60 Å². The van der Waals surface area contributed by atoms with Crippen molar-refractivity contribution in [2.45, 2.75) is 64.3 Å². The molecule has 0 aliphatic carbocycles. The second-order valence-corrected chi connectivity index (χ2v) is 7.62. The van der Waals surface area contributed by atoms with Crippen LogP contribution in [0.15, 0.2) is 30.3 Å². The predicted molar refractivity (Wildman–Crippen MR) is 89.2 cm³/mol. The summed E-state index contributed by atoms with van der Waals surface area (Å²) < 4.78 is 11.0. The highest BCUT2D eigenvalue weighted by molar-refractivity contribution is 5.77. The predicted octanol–water partition coefficient (Wildman–Crippen LogP) is 3.52.